The minimum absolute atomic E-state index is 0.757. The second-order valence-electron chi connectivity index (χ2n) is 4.04. The van der Waals surface area contributed by atoms with Crippen LogP contribution in [0.1, 0.15) is 11.1 Å². The van der Waals surface area contributed by atoms with Crippen LogP contribution in [-0.2, 0) is 3.07 Å². The van der Waals surface area contributed by atoms with Crippen molar-refractivity contribution < 1.29 is 3.07 Å². The van der Waals surface area contributed by atoms with Crippen molar-refractivity contribution in [3.05, 3.63) is 66.8 Å². The van der Waals surface area contributed by atoms with E-state index < -0.39 is 17.3 Å². The van der Waals surface area contributed by atoms with Crippen LogP contribution < -0.4 is 0 Å². The summed E-state index contributed by atoms with van der Waals surface area (Å²) < 4.78 is 14.2. The van der Waals surface area contributed by atoms with Crippen LogP contribution in [0.5, 0.6) is 0 Å². The summed E-state index contributed by atoms with van der Waals surface area (Å²) in [5, 5.41) is 0. The molecule has 0 aliphatic rings. The van der Waals surface area contributed by atoms with Crippen molar-refractivity contribution in [1.82, 2.24) is 0 Å². The molecule has 0 saturated carbocycles. The quantitative estimate of drug-likeness (QED) is 0.697. The molecule has 3 heteroatoms. The molecule has 0 aromatic heterocycles. The van der Waals surface area contributed by atoms with Crippen molar-refractivity contribution in [2.75, 3.05) is 0 Å². The molecule has 0 heterocycles. The van der Waals surface area contributed by atoms with Crippen LogP contribution in [-0.4, -0.2) is 0 Å². The normalized spacial score (nSPS) is 12.4. The van der Waals surface area contributed by atoms with Gasteiger partial charge in [0.15, 0.2) is 0 Å². The van der Waals surface area contributed by atoms with Crippen LogP contribution in [0.2, 0.25) is 0 Å². The molecule has 2 rings (SSSR count). The Hall–Kier alpha value is -0.740. The number of aryl methyl sites for hydroxylation is 2. The first-order chi connectivity index (χ1) is 8.00. The number of benzene rings is 2. The van der Waals surface area contributed by atoms with E-state index in [4.69, 9.17) is 8.91 Å². The van der Waals surface area contributed by atoms with E-state index in [0.717, 1.165) is 18.3 Å². The van der Waals surface area contributed by atoms with E-state index in [0.29, 0.717) is 0 Å². The Morgan fingerprint density at radius 1 is 0.765 bits per heavy atom. The zero-order chi connectivity index (χ0) is 12.5. The molecule has 2 aromatic rings. The molecule has 0 fully saturated rings. The van der Waals surface area contributed by atoms with E-state index in [2.05, 4.69) is 0 Å². The first-order valence-corrected chi connectivity index (χ1v) is 11.1. The van der Waals surface area contributed by atoms with Gasteiger partial charge in [0.1, 0.15) is 0 Å². The monoisotopic (exact) mass is 360 g/mol. The second-order valence-corrected chi connectivity index (χ2v) is 11.8. The van der Waals surface area contributed by atoms with Gasteiger partial charge in [0.25, 0.3) is 0 Å². The summed E-state index contributed by atoms with van der Waals surface area (Å²) in [5.41, 5.74) is 2.29. The zero-order valence-electron chi connectivity index (χ0n) is 9.78. The Balaban J connectivity index is 2.45. The van der Waals surface area contributed by atoms with Crippen LogP contribution >= 0.6 is 26.2 Å². The molecule has 17 heavy (non-hydrogen) atoms. The third-order valence-electron chi connectivity index (χ3n) is 2.58. The van der Waals surface area contributed by atoms with Gasteiger partial charge < -0.3 is 0 Å². The second kappa shape index (κ2) is 4.86. The predicted molar refractivity (Wildman–Crippen MR) is 80.3 cm³/mol. The zero-order valence-corrected chi connectivity index (χ0v) is 12.7. The molecule has 0 N–H and O–H groups in total. The van der Waals surface area contributed by atoms with Gasteiger partial charge in [0.2, 0.25) is 0 Å². The Morgan fingerprint density at radius 2 is 1.06 bits per heavy atom. The topological polar surface area (TPSA) is 17.1 Å². The van der Waals surface area contributed by atoms with Gasteiger partial charge in [-0.05, 0) is 0 Å². The fourth-order valence-electron chi connectivity index (χ4n) is 1.52. The molecule has 0 saturated heterocycles. The van der Waals surface area contributed by atoms with E-state index in [1.165, 1.54) is 0 Å². The number of hydrogen-bond donors (Lipinski definition) is 0. The molecule has 0 atom stereocenters. The molecule has 0 radical (unpaired) electrons. The summed E-state index contributed by atoms with van der Waals surface area (Å²) in [4.78, 5) is 0. The SMILES string of the molecule is Cc1ccc(I(=O)(Cl)c2ccc(C)cc2)cc1. The van der Waals surface area contributed by atoms with E-state index >= 15 is 0 Å². The van der Waals surface area contributed by atoms with Crippen molar-refractivity contribution in [1.29, 1.82) is 0 Å². The van der Waals surface area contributed by atoms with Crippen LogP contribution in [0.3, 0.4) is 0 Å². The van der Waals surface area contributed by atoms with Crippen molar-refractivity contribution in [3.8, 4) is 0 Å². The van der Waals surface area contributed by atoms with Crippen LogP contribution in [0.15, 0.2) is 48.5 Å². The molecule has 0 aliphatic carbocycles. The summed E-state index contributed by atoms with van der Waals surface area (Å²) in [6.07, 6.45) is 0. The molecule has 0 bridgehead atoms. The molecule has 0 aliphatic heterocycles. The first-order valence-electron chi connectivity index (χ1n) is 5.32. The molecule has 90 valence electrons. The van der Waals surface area contributed by atoms with Gasteiger partial charge in [-0.25, -0.2) is 0 Å². The summed E-state index contributed by atoms with van der Waals surface area (Å²) >= 11 is -3.74. The van der Waals surface area contributed by atoms with Gasteiger partial charge in [0.05, 0.1) is 0 Å². The van der Waals surface area contributed by atoms with Gasteiger partial charge in [-0.3, -0.25) is 0 Å². The van der Waals surface area contributed by atoms with Crippen LogP contribution in [0.25, 0.3) is 0 Å². The number of hydrogen-bond acceptors (Lipinski definition) is 1. The summed E-state index contributed by atoms with van der Waals surface area (Å²) in [7, 11) is 6.32. The predicted octanol–water partition coefficient (Wildman–Crippen LogP) is 4.88. The van der Waals surface area contributed by atoms with Crippen molar-refractivity contribution in [2.45, 2.75) is 13.8 Å². The molecule has 1 nitrogen and oxygen atoms in total. The fraction of sp³-hybridized carbons (Fsp3) is 0.143. The Bertz CT molecular complexity index is 508. The maximum atomic E-state index is 12.7. The molecular formula is C14H14ClIO. The van der Waals surface area contributed by atoms with Gasteiger partial charge in [-0.2, -0.15) is 0 Å². The van der Waals surface area contributed by atoms with Crippen molar-refractivity contribution in [3.63, 3.8) is 0 Å². The van der Waals surface area contributed by atoms with Gasteiger partial charge >= 0.3 is 110 Å². The summed E-state index contributed by atoms with van der Waals surface area (Å²) in [6.45, 7) is 4.01. The third kappa shape index (κ3) is 2.75. The van der Waals surface area contributed by atoms with Gasteiger partial charge in [-0.1, -0.05) is 0 Å². The maximum absolute atomic E-state index is 12.7. The minimum atomic E-state index is -3.74. The molecule has 0 unspecified atom stereocenters. The van der Waals surface area contributed by atoms with Crippen molar-refractivity contribution in [2.24, 2.45) is 0 Å². The van der Waals surface area contributed by atoms with Crippen LogP contribution in [0, 0.1) is 21.0 Å². The van der Waals surface area contributed by atoms with E-state index in [1.807, 2.05) is 62.4 Å². The standard InChI is InChI=1S/C14H14ClIO/c1-11-3-7-13(8-4-11)16(15,17)14-9-5-12(2)6-10-14/h3-10H,1-2H3. The summed E-state index contributed by atoms with van der Waals surface area (Å²) in [5.74, 6) is 0. The van der Waals surface area contributed by atoms with Crippen LogP contribution in [0.4, 0.5) is 0 Å². The third-order valence-corrected chi connectivity index (χ3v) is 9.44. The number of halogens is 2. The van der Waals surface area contributed by atoms with Gasteiger partial charge in [-0.15, -0.1) is 0 Å². The van der Waals surface area contributed by atoms with E-state index in [-0.39, 0.29) is 0 Å². The average Bonchev–Trinajstić information content (AvgIpc) is 2.30. The first kappa shape index (κ1) is 12.7. The number of rotatable bonds is 2. The van der Waals surface area contributed by atoms with Gasteiger partial charge in [0, 0.05) is 0 Å². The average molecular weight is 361 g/mol. The molecule has 0 amide bonds. The van der Waals surface area contributed by atoms with E-state index in [1.54, 1.807) is 0 Å². The molecule has 0 spiro atoms. The summed E-state index contributed by atoms with van der Waals surface area (Å²) in [6, 6.07) is 15.3. The van der Waals surface area contributed by atoms with E-state index in [9.17, 15) is 3.07 Å². The Labute approximate surface area is 109 Å². The Morgan fingerprint density at radius 3 is 1.35 bits per heavy atom. The molecular weight excluding hydrogens is 347 g/mol. The van der Waals surface area contributed by atoms with Crippen molar-refractivity contribution >= 4 is 26.2 Å². The Kier molecular flexibility index (Phi) is 3.64. The fourth-order valence-corrected chi connectivity index (χ4v) is 6.08. The molecule has 2 aromatic carbocycles.